The SMILES string of the molecule is CC(C)C(C(=O)O)c1ccc(Cl)cc1Cl. The zero-order valence-corrected chi connectivity index (χ0v) is 10.0. The summed E-state index contributed by atoms with van der Waals surface area (Å²) < 4.78 is 0. The van der Waals surface area contributed by atoms with Crippen LogP contribution in [0, 0.1) is 5.92 Å². The summed E-state index contributed by atoms with van der Waals surface area (Å²) in [5, 5.41) is 10.0. The van der Waals surface area contributed by atoms with Gasteiger partial charge < -0.3 is 5.11 Å². The number of carbonyl (C=O) groups is 1. The zero-order chi connectivity index (χ0) is 11.6. The number of hydrogen-bond donors (Lipinski definition) is 1. The van der Waals surface area contributed by atoms with Crippen LogP contribution in [0.4, 0.5) is 0 Å². The Morgan fingerprint density at radius 1 is 1.33 bits per heavy atom. The fourth-order valence-corrected chi connectivity index (χ4v) is 2.06. The van der Waals surface area contributed by atoms with Crippen molar-refractivity contribution in [2.45, 2.75) is 19.8 Å². The molecule has 0 aliphatic heterocycles. The van der Waals surface area contributed by atoms with E-state index in [1.807, 2.05) is 13.8 Å². The van der Waals surface area contributed by atoms with E-state index in [1.165, 1.54) is 0 Å². The van der Waals surface area contributed by atoms with Gasteiger partial charge in [-0.05, 0) is 23.6 Å². The van der Waals surface area contributed by atoms with Gasteiger partial charge in [0.15, 0.2) is 0 Å². The van der Waals surface area contributed by atoms with Crippen LogP contribution in [0.5, 0.6) is 0 Å². The number of rotatable bonds is 3. The van der Waals surface area contributed by atoms with E-state index < -0.39 is 11.9 Å². The molecule has 0 amide bonds. The second kappa shape index (κ2) is 4.86. The minimum atomic E-state index is -0.866. The first kappa shape index (κ1) is 12.3. The van der Waals surface area contributed by atoms with Gasteiger partial charge in [-0.1, -0.05) is 43.1 Å². The van der Waals surface area contributed by atoms with Gasteiger partial charge in [-0.2, -0.15) is 0 Å². The molecule has 1 aromatic carbocycles. The summed E-state index contributed by atoms with van der Waals surface area (Å²) >= 11 is 11.7. The van der Waals surface area contributed by atoms with Gasteiger partial charge >= 0.3 is 5.97 Å². The van der Waals surface area contributed by atoms with E-state index >= 15 is 0 Å². The lowest BCUT2D eigenvalue weighted by Gasteiger charge is -2.17. The van der Waals surface area contributed by atoms with Crippen molar-refractivity contribution < 1.29 is 9.90 Å². The maximum atomic E-state index is 11.1. The predicted molar refractivity (Wildman–Crippen MR) is 61.7 cm³/mol. The van der Waals surface area contributed by atoms with E-state index in [-0.39, 0.29) is 5.92 Å². The molecule has 15 heavy (non-hydrogen) atoms. The lowest BCUT2D eigenvalue weighted by molar-refractivity contribution is -0.139. The molecule has 0 radical (unpaired) electrons. The highest BCUT2D eigenvalue weighted by Crippen LogP contribution is 2.32. The smallest absolute Gasteiger partial charge is 0.311 e. The molecular weight excluding hydrogens is 235 g/mol. The molecule has 0 aromatic heterocycles. The highest BCUT2D eigenvalue weighted by Gasteiger charge is 2.25. The monoisotopic (exact) mass is 246 g/mol. The number of carboxylic acids is 1. The third-order valence-electron chi connectivity index (χ3n) is 2.23. The molecule has 2 nitrogen and oxygen atoms in total. The molecule has 0 saturated heterocycles. The fourth-order valence-electron chi connectivity index (χ4n) is 1.53. The first-order valence-corrected chi connectivity index (χ1v) is 5.37. The van der Waals surface area contributed by atoms with Crippen LogP contribution in [-0.4, -0.2) is 11.1 Å². The lowest BCUT2D eigenvalue weighted by Crippen LogP contribution is -2.17. The average molecular weight is 247 g/mol. The predicted octanol–water partition coefficient (Wildman–Crippen LogP) is 3.82. The van der Waals surface area contributed by atoms with Crippen LogP contribution in [0.25, 0.3) is 0 Å². The number of hydrogen-bond acceptors (Lipinski definition) is 1. The van der Waals surface area contributed by atoms with Gasteiger partial charge in [-0.15, -0.1) is 0 Å². The molecule has 1 atom stereocenters. The van der Waals surface area contributed by atoms with Crippen molar-refractivity contribution >= 4 is 29.2 Å². The highest BCUT2D eigenvalue weighted by molar-refractivity contribution is 6.35. The van der Waals surface area contributed by atoms with E-state index in [1.54, 1.807) is 18.2 Å². The Kier molecular flexibility index (Phi) is 4.00. The molecule has 1 N–H and O–H groups in total. The van der Waals surface area contributed by atoms with Crippen molar-refractivity contribution in [3.63, 3.8) is 0 Å². The maximum absolute atomic E-state index is 11.1. The summed E-state index contributed by atoms with van der Waals surface area (Å²) in [7, 11) is 0. The molecule has 1 aromatic rings. The topological polar surface area (TPSA) is 37.3 Å². The Hall–Kier alpha value is -0.730. The molecule has 0 fully saturated rings. The Morgan fingerprint density at radius 2 is 1.93 bits per heavy atom. The average Bonchev–Trinajstić information content (AvgIpc) is 2.08. The molecule has 0 spiro atoms. The number of halogens is 2. The molecular formula is C11H12Cl2O2. The summed E-state index contributed by atoms with van der Waals surface area (Å²) in [5.41, 5.74) is 0.614. The molecule has 1 rings (SSSR count). The van der Waals surface area contributed by atoms with E-state index in [0.717, 1.165) is 0 Å². The van der Waals surface area contributed by atoms with Gasteiger partial charge in [0.2, 0.25) is 0 Å². The third-order valence-corrected chi connectivity index (χ3v) is 2.79. The molecule has 0 saturated carbocycles. The quantitative estimate of drug-likeness (QED) is 0.881. The minimum Gasteiger partial charge on any atom is -0.481 e. The van der Waals surface area contributed by atoms with Crippen molar-refractivity contribution in [2.24, 2.45) is 5.92 Å². The summed E-state index contributed by atoms with van der Waals surface area (Å²) in [5.74, 6) is -1.47. The van der Waals surface area contributed by atoms with Gasteiger partial charge in [0.25, 0.3) is 0 Å². The normalized spacial score (nSPS) is 12.9. The molecule has 0 aliphatic carbocycles. The van der Waals surface area contributed by atoms with Crippen LogP contribution in [0.15, 0.2) is 18.2 Å². The van der Waals surface area contributed by atoms with E-state index in [9.17, 15) is 4.79 Å². The standard InChI is InChI=1S/C11H12Cl2O2/c1-6(2)10(11(14)15)8-4-3-7(12)5-9(8)13/h3-6,10H,1-2H3,(H,14,15). The molecule has 0 aliphatic rings. The summed E-state index contributed by atoms with van der Waals surface area (Å²) in [6.07, 6.45) is 0. The van der Waals surface area contributed by atoms with Crippen molar-refractivity contribution in [3.05, 3.63) is 33.8 Å². The van der Waals surface area contributed by atoms with Crippen LogP contribution >= 0.6 is 23.2 Å². The fraction of sp³-hybridized carbons (Fsp3) is 0.364. The first-order chi connectivity index (χ1) is 6.93. The van der Waals surface area contributed by atoms with Crippen LogP contribution in [0.1, 0.15) is 25.3 Å². The Morgan fingerprint density at radius 3 is 2.33 bits per heavy atom. The number of aliphatic carboxylic acids is 1. The Labute approximate surface area is 98.8 Å². The van der Waals surface area contributed by atoms with Crippen molar-refractivity contribution in [3.8, 4) is 0 Å². The van der Waals surface area contributed by atoms with Crippen LogP contribution in [-0.2, 0) is 4.79 Å². The van der Waals surface area contributed by atoms with Crippen LogP contribution < -0.4 is 0 Å². The van der Waals surface area contributed by atoms with Gasteiger partial charge in [-0.3, -0.25) is 4.79 Å². The lowest BCUT2D eigenvalue weighted by atomic mass is 9.88. The van der Waals surface area contributed by atoms with Gasteiger partial charge in [0.1, 0.15) is 0 Å². The molecule has 4 heteroatoms. The Bertz CT molecular complexity index is 375. The number of benzene rings is 1. The van der Waals surface area contributed by atoms with Crippen LogP contribution in [0.2, 0.25) is 10.0 Å². The summed E-state index contributed by atoms with van der Waals surface area (Å²) in [6, 6.07) is 4.89. The van der Waals surface area contributed by atoms with E-state index in [0.29, 0.717) is 15.6 Å². The first-order valence-electron chi connectivity index (χ1n) is 4.61. The van der Waals surface area contributed by atoms with Gasteiger partial charge in [0, 0.05) is 10.0 Å². The third kappa shape index (κ3) is 2.86. The highest BCUT2D eigenvalue weighted by atomic mass is 35.5. The van der Waals surface area contributed by atoms with Crippen molar-refractivity contribution in [1.82, 2.24) is 0 Å². The second-order valence-corrected chi connectivity index (χ2v) is 4.57. The van der Waals surface area contributed by atoms with Crippen molar-refractivity contribution in [1.29, 1.82) is 0 Å². The van der Waals surface area contributed by atoms with Crippen LogP contribution in [0.3, 0.4) is 0 Å². The molecule has 82 valence electrons. The van der Waals surface area contributed by atoms with E-state index in [4.69, 9.17) is 28.3 Å². The number of carboxylic acid groups (broad SMARTS) is 1. The largest absolute Gasteiger partial charge is 0.481 e. The zero-order valence-electron chi connectivity index (χ0n) is 8.50. The molecule has 0 heterocycles. The van der Waals surface area contributed by atoms with Crippen molar-refractivity contribution in [2.75, 3.05) is 0 Å². The summed E-state index contributed by atoms with van der Waals surface area (Å²) in [6.45, 7) is 3.70. The van der Waals surface area contributed by atoms with Gasteiger partial charge in [-0.25, -0.2) is 0 Å². The van der Waals surface area contributed by atoms with E-state index in [2.05, 4.69) is 0 Å². The Balaban J connectivity index is 3.17. The summed E-state index contributed by atoms with van der Waals surface area (Å²) in [4.78, 5) is 11.1. The second-order valence-electron chi connectivity index (χ2n) is 3.73. The molecule has 0 bridgehead atoms. The molecule has 1 unspecified atom stereocenters. The van der Waals surface area contributed by atoms with Gasteiger partial charge in [0.05, 0.1) is 5.92 Å². The minimum absolute atomic E-state index is 0.0128. The maximum Gasteiger partial charge on any atom is 0.311 e.